The molecule has 0 spiro atoms. The lowest BCUT2D eigenvalue weighted by Gasteiger charge is -2.15. The van der Waals surface area contributed by atoms with Crippen molar-refractivity contribution >= 4 is 57.4 Å². The summed E-state index contributed by atoms with van der Waals surface area (Å²) in [6.07, 6.45) is 8.30. The SMILES string of the molecule is CCOC(=O)c1ccnc(C2=C(c3cc(Cl)ccc3OCc3ccccc3)CCC2)n1.O=C(O)c1ccnc(C2=C(c3cc(Cl)ccc3OCc3ccccc3)CCC2)n1. The second-order valence-corrected chi connectivity index (χ2v) is 14.9. The molecule has 0 saturated carbocycles. The average Bonchev–Trinajstić information content (AvgIpc) is 3.98. The molecule has 60 heavy (non-hydrogen) atoms. The first-order chi connectivity index (χ1) is 29.3. The topological polar surface area (TPSA) is 134 Å². The molecule has 4 aromatic carbocycles. The van der Waals surface area contributed by atoms with Crippen LogP contribution in [0, 0.1) is 0 Å². The fourth-order valence-electron chi connectivity index (χ4n) is 7.22. The Morgan fingerprint density at radius 2 is 1.05 bits per heavy atom. The van der Waals surface area contributed by atoms with E-state index in [1.54, 1.807) is 19.2 Å². The highest BCUT2D eigenvalue weighted by molar-refractivity contribution is 6.31. The van der Waals surface area contributed by atoms with Crippen molar-refractivity contribution in [1.82, 2.24) is 19.9 Å². The van der Waals surface area contributed by atoms with Crippen molar-refractivity contribution in [2.24, 2.45) is 0 Å². The van der Waals surface area contributed by atoms with Gasteiger partial charge in [0.1, 0.15) is 24.7 Å². The number of allylic oxidation sites excluding steroid dienone is 4. The van der Waals surface area contributed by atoms with Crippen molar-refractivity contribution in [2.45, 2.75) is 58.7 Å². The molecule has 1 N–H and O–H groups in total. The molecule has 6 aromatic rings. The zero-order chi connectivity index (χ0) is 41.8. The van der Waals surface area contributed by atoms with Crippen LogP contribution in [0.2, 0.25) is 10.0 Å². The van der Waals surface area contributed by atoms with Gasteiger partial charge in [-0.2, -0.15) is 0 Å². The molecule has 0 fully saturated rings. The molecule has 2 heterocycles. The molecule has 2 aliphatic carbocycles. The van der Waals surface area contributed by atoms with Crippen molar-refractivity contribution in [3.8, 4) is 11.5 Å². The molecule has 8 rings (SSSR count). The van der Waals surface area contributed by atoms with Crippen molar-refractivity contribution in [2.75, 3.05) is 6.61 Å². The number of esters is 1. The largest absolute Gasteiger partial charge is 0.488 e. The highest BCUT2D eigenvalue weighted by Gasteiger charge is 2.25. The minimum atomic E-state index is -1.07. The molecule has 10 nitrogen and oxygen atoms in total. The Hall–Kier alpha value is -6.36. The van der Waals surface area contributed by atoms with E-state index < -0.39 is 11.9 Å². The Kier molecular flexibility index (Phi) is 14.0. The lowest BCUT2D eigenvalue weighted by atomic mass is 10.0. The number of benzene rings is 4. The van der Waals surface area contributed by atoms with Gasteiger partial charge in [0.2, 0.25) is 0 Å². The highest BCUT2D eigenvalue weighted by Crippen LogP contribution is 2.44. The molecule has 0 radical (unpaired) electrons. The van der Waals surface area contributed by atoms with Gasteiger partial charge in [0.15, 0.2) is 23.0 Å². The summed E-state index contributed by atoms with van der Waals surface area (Å²) < 4.78 is 17.4. The van der Waals surface area contributed by atoms with Crippen molar-refractivity contribution in [1.29, 1.82) is 0 Å². The number of hydrogen-bond donors (Lipinski definition) is 1. The molecule has 0 unspecified atom stereocenters. The van der Waals surface area contributed by atoms with E-state index in [4.69, 9.17) is 37.4 Å². The number of aromatic carboxylic acids is 1. The standard InChI is InChI=1S/C25H23ClN2O3.C23H19ClN2O3/c1-2-30-25(29)22-13-14-27-24(28-22)20-10-6-9-19(20)21-15-18(26)11-12-23(21)31-16-17-7-4-3-5-8-17;24-16-9-10-21(29-14-15-5-2-1-3-6-15)19(13-16)17-7-4-8-18(17)22-25-12-11-20(26-22)23(27)28/h3-5,7-8,11-15H,2,6,9-10,16H2,1H3;1-3,5-6,9-13H,4,7-8,14H2,(H,27,28). The summed E-state index contributed by atoms with van der Waals surface area (Å²) in [6, 6.07) is 34.2. The smallest absolute Gasteiger partial charge is 0.357 e. The van der Waals surface area contributed by atoms with Gasteiger partial charge in [0, 0.05) is 44.7 Å². The van der Waals surface area contributed by atoms with Gasteiger partial charge in [0.05, 0.1) is 6.61 Å². The maximum absolute atomic E-state index is 12.1. The predicted molar refractivity (Wildman–Crippen MR) is 233 cm³/mol. The first-order valence-electron chi connectivity index (χ1n) is 19.7. The van der Waals surface area contributed by atoms with Crippen LogP contribution in [-0.2, 0) is 18.0 Å². The number of carbonyl (C=O) groups is 2. The summed E-state index contributed by atoms with van der Waals surface area (Å²) in [5, 5.41) is 10.5. The van der Waals surface area contributed by atoms with Crippen LogP contribution in [0.15, 0.2) is 122 Å². The maximum atomic E-state index is 12.1. The summed E-state index contributed by atoms with van der Waals surface area (Å²) in [5.74, 6) is 0.994. The number of carbonyl (C=O) groups excluding carboxylic acids is 1. The van der Waals surface area contributed by atoms with E-state index in [9.17, 15) is 14.7 Å². The summed E-state index contributed by atoms with van der Waals surface area (Å²) in [7, 11) is 0. The van der Waals surface area contributed by atoms with E-state index in [0.717, 1.165) is 94.6 Å². The molecule has 0 saturated heterocycles. The molecule has 0 amide bonds. The van der Waals surface area contributed by atoms with Gasteiger partial charge in [-0.15, -0.1) is 0 Å². The Balaban J connectivity index is 0.000000182. The zero-order valence-corrected chi connectivity index (χ0v) is 34.5. The number of nitrogens with zero attached hydrogens (tertiary/aromatic N) is 4. The van der Waals surface area contributed by atoms with Crippen molar-refractivity contribution < 1.29 is 28.9 Å². The number of carboxylic acids is 1. The quantitative estimate of drug-likeness (QED) is 0.112. The molecule has 2 aromatic heterocycles. The first kappa shape index (κ1) is 41.8. The molecular weight excluding hydrogens is 799 g/mol. The third-order valence-corrected chi connectivity index (χ3v) is 10.5. The first-order valence-corrected chi connectivity index (χ1v) is 20.5. The highest BCUT2D eigenvalue weighted by atomic mass is 35.5. The van der Waals surface area contributed by atoms with Crippen LogP contribution in [0.4, 0.5) is 0 Å². The van der Waals surface area contributed by atoms with Gasteiger partial charge in [-0.1, -0.05) is 83.9 Å². The average molecular weight is 842 g/mol. The van der Waals surface area contributed by atoms with E-state index in [-0.39, 0.29) is 11.4 Å². The number of ether oxygens (including phenoxy) is 3. The van der Waals surface area contributed by atoms with Crippen LogP contribution < -0.4 is 9.47 Å². The summed E-state index contributed by atoms with van der Waals surface area (Å²) >= 11 is 12.6. The minimum Gasteiger partial charge on any atom is -0.488 e. The molecule has 0 aliphatic heterocycles. The number of rotatable bonds is 13. The van der Waals surface area contributed by atoms with Gasteiger partial charge in [-0.05, 0) is 116 Å². The van der Waals surface area contributed by atoms with Crippen LogP contribution >= 0.6 is 23.2 Å². The Bertz CT molecular complexity index is 2550. The molecule has 12 heteroatoms. The van der Waals surface area contributed by atoms with Crippen LogP contribution in [0.3, 0.4) is 0 Å². The molecule has 0 atom stereocenters. The Morgan fingerprint density at radius 3 is 1.52 bits per heavy atom. The zero-order valence-electron chi connectivity index (χ0n) is 32.9. The monoisotopic (exact) mass is 840 g/mol. The number of hydrogen-bond acceptors (Lipinski definition) is 9. The third kappa shape index (κ3) is 10.4. The van der Waals surface area contributed by atoms with Gasteiger partial charge in [-0.3, -0.25) is 0 Å². The number of carboxylic acid groups (broad SMARTS) is 1. The van der Waals surface area contributed by atoms with Crippen LogP contribution in [0.5, 0.6) is 11.5 Å². The molecular formula is C48H42Cl2N4O6. The maximum Gasteiger partial charge on any atom is 0.357 e. The van der Waals surface area contributed by atoms with Gasteiger partial charge < -0.3 is 19.3 Å². The van der Waals surface area contributed by atoms with Gasteiger partial charge in [0.25, 0.3) is 0 Å². The third-order valence-electron chi connectivity index (χ3n) is 10.00. The fourth-order valence-corrected chi connectivity index (χ4v) is 7.56. The molecule has 0 bridgehead atoms. The minimum absolute atomic E-state index is 0.0135. The second kappa shape index (κ2) is 20.1. The number of halogens is 2. The van der Waals surface area contributed by atoms with Crippen molar-refractivity contribution in [3.63, 3.8) is 0 Å². The van der Waals surface area contributed by atoms with Gasteiger partial charge in [-0.25, -0.2) is 29.5 Å². The van der Waals surface area contributed by atoms with Crippen molar-refractivity contribution in [3.05, 3.63) is 177 Å². The predicted octanol–water partition coefficient (Wildman–Crippen LogP) is 11.5. The second-order valence-electron chi connectivity index (χ2n) is 14.0. The number of aromatic nitrogens is 4. The van der Waals surface area contributed by atoms with E-state index in [1.807, 2.05) is 97.1 Å². The van der Waals surface area contributed by atoms with Crippen LogP contribution in [0.25, 0.3) is 22.3 Å². The lowest BCUT2D eigenvalue weighted by Crippen LogP contribution is -2.09. The molecule has 2 aliphatic rings. The van der Waals surface area contributed by atoms with E-state index in [2.05, 4.69) is 19.9 Å². The van der Waals surface area contributed by atoms with Crippen LogP contribution in [0.1, 0.15) is 100 Å². The normalized spacial score (nSPS) is 13.4. The van der Waals surface area contributed by atoms with Gasteiger partial charge >= 0.3 is 11.9 Å². The van der Waals surface area contributed by atoms with E-state index >= 15 is 0 Å². The van der Waals surface area contributed by atoms with Crippen LogP contribution in [-0.4, -0.2) is 43.6 Å². The van der Waals surface area contributed by atoms with E-state index in [0.29, 0.717) is 41.5 Å². The lowest BCUT2D eigenvalue weighted by molar-refractivity contribution is 0.0518. The van der Waals surface area contributed by atoms with E-state index in [1.165, 1.54) is 12.3 Å². The Morgan fingerprint density at radius 1 is 0.600 bits per heavy atom. The fraction of sp³-hybridized carbons (Fsp3) is 0.208. The summed E-state index contributed by atoms with van der Waals surface area (Å²) in [6.45, 7) is 2.99. The molecule has 304 valence electrons. The Labute approximate surface area is 358 Å². The summed E-state index contributed by atoms with van der Waals surface area (Å²) in [5.41, 5.74) is 8.38. The summed E-state index contributed by atoms with van der Waals surface area (Å²) in [4.78, 5) is 40.9.